The van der Waals surface area contributed by atoms with Crippen LogP contribution in [0.15, 0.2) is 60.9 Å². The van der Waals surface area contributed by atoms with Crippen molar-refractivity contribution in [2.75, 3.05) is 0 Å². The Balaban J connectivity index is 2.20. The third kappa shape index (κ3) is 2.15. The van der Waals surface area contributed by atoms with Crippen LogP contribution >= 0.6 is 0 Å². The number of nitrogens with one attached hydrogen (secondary N) is 1. The lowest BCUT2D eigenvalue weighted by Crippen LogP contribution is -2.29. The molecule has 0 radical (unpaired) electrons. The first-order valence-corrected chi connectivity index (χ1v) is 6.34. The highest BCUT2D eigenvalue weighted by Crippen LogP contribution is 2.28. The SMILES string of the molecule is NNC(c1ccccc1F)c1cncc2ccccc12. The van der Waals surface area contributed by atoms with Gasteiger partial charge in [0.05, 0.1) is 6.04 Å². The molecule has 3 N–H and O–H groups in total. The van der Waals surface area contributed by atoms with Crippen molar-refractivity contribution in [3.8, 4) is 0 Å². The summed E-state index contributed by atoms with van der Waals surface area (Å²) in [7, 11) is 0. The zero-order valence-corrected chi connectivity index (χ0v) is 10.8. The van der Waals surface area contributed by atoms with Crippen LogP contribution in [0, 0.1) is 5.82 Å². The number of rotatable bonds is 3. The molecular formula is C16H14FN3. The van der Waals surface area contributed by atoms with Crippen LogP contribution in [-0.2, 0) is 0 Å². The lowest BCUT2D eigenvalue weighted by atomic mass is 9.96. The van der Waals surface area contributed by atoms with Crippen molar-refractivity contribution in [2.45, 2.75) is 6.04 Å². The highest BCUT2D eigenvalue weighted by Gasteiger charge is 2.18. The van der Waals surface area contributed by atoms with Gasteiger partial charge < -0.3 is 0 Å². The second-order valence-electron chi connectivity index (χ2n) is 4.57. The van der Waals surface area contributed by atoms with Crippen molar-refractivity contribution in [2.24, 2.45) is 5.84 Å². The Hall–Kier alpha value is -2.30. The van der Waals surface area contributed by atoms with Gasteiger partial charge >= 0.3 is 0 Å². The Kier molecular flexibility index (Phi) is 3.41. The van der Waals surface area contributed by atoms with E-state index < -0.39 is 6.04 Å². The molecule has 0 saturated heterocycles. The average molecular weight is 267 g/mol. The Morgan fingerprint density at radius 2 is 1.70 bits per heavy atom. The van der Waals surface area contributed by atoms with Gasteiger partial charge in [-0.1, -0.05) is 42.5 Å². The molecule has 0 aliphatic heterocycles. The minimum atomic E-state index is -0.435. The van der Waals surface area contributed by atoms with Gasteiger partial charge in [-0.2, -0.15) is 0 Å². The summed E-state index contributed by atoms with van der Waals surface area (Å²) in [6, 6.07) is 14.0. The standard InChI is InChI=1S/C16H14FN3/c17-15-8-4-3-7-13(15)16(20-18)14-10-19-9-11-5-1-2-6-12(11)14/h1-10,16,20H,18H2. The maximum absolute atomic E-state index is 14.0. The molecule has 3 rings (SSSR count). The summed E-state index contributed by atoms with van der Waals surface area (Å²) >= 11 is 0. The number of hydrogen-bond donors (Lipinski definition) is 2. The third-order valence-electron chi connectivity index (χ3n) is 3.39. The molecule has 3 nitrogen and oxygen atoms in total. The lowest BCUT2D eigenvalue weighted by Gasteiger charge is -2.19. The number of fused-ring (bicyclic) bond motifs is 1. The number of halogens is 1. The maximum Gasteiger partial charge on any atom is 0.128 e. The zero-order chi connectivity index (χ0) is 13.9. The van der Waals surface area contributed by atoms with Crippen molar-refractivity contribution in [1.29, 1.82) is 0 Å². The molecular weight excluding hydrogens is 253 g/mol. The van der Waals surface area contributed by atoms with Crippen molar-refractivity contribution < 1.29 is 4.39 Å². The van der Waals surface area contributed by atoms with E-state index in [4.69, 9.17) is 5.84 Å². The van der Waals surface area contributed by atoms with Gasteiger partial charge in [0.15, 0.2) is 0 Å². The van der Waals surface area contributed by atoms with Crippen LogP contribution in [0.5, 0.6) is 0 Å². The number of hydrazine groups is 1. The van der Waals surface area contributed by atoms with E-state index in [1.165, 1.54) is 6.07 Å². The van der Waals surface area contributed by atoms with Gasteiger partial charge in [0.25, 0.3) is 0 Å². The first kappa shape index (κ1) is 12.7. The predicted molar refractivity (Wildman–Crippen MR) is 77.3 cm³/mol. The number of aromatic nitrogens is 1. The van der Waals surface area contributed by atoms with E-state index in [1.807, 2.05) is 24.3 Å². The summed E-state index contributed by atoms with van der Waals surface area (Å²) < 4.78 is 14.0. The second-order valence-corrected chi connectivity index (χ2v) is 4.57. The fraction of sp³-hybridized carbons (Fsp3) is 0.0625. The fourth-order valence-corrected chi connectivity index (χ4v) is 2.43. The summed E-state index contributed by atoms with van der Waals surface area (Å²) in [5, 5.41) is 2.01. The summed E-state index contributed by atoms with van der Waals surface area (Å²) in [6.45, 7) is 0. The number of hydrogen-bond acceptors (Lipinski definition) is 3. The molecule has 0 amide bonds. The molecule has 3 aromatic rings. The topological polar surface area (TPSA) is 50.9 Å². The molecule has 0 saturated carbocycles. The quantitative estimate of drug-likeness (QED) is 0.566. The first-order valence-electron chi connectivity index (χ1n) is 6.34. The van der Waals surface area contributed by atoms with Crippen LogP contribution in [0.25, 0.3) is 10.8 Å². The molecule has 1 atom stereocenters. The highest BCUT2D eigenvalue weighted by molar-refractivity contribution is 5.85. The molecule has 100 valence electrons. The molecule has 1 aromatic heterocycles. The van der Waals surface area contributed by atoms with Gasteiger partial charge in [-0.05, 0) is 11.5 Å². The molecule has 0 aliphatic carbocycles. The Labute approximate surface area is 116 Å². The summed E-state index contributed by atoms with van der Waals surface area (Å²) in [6.07, 6.45) is 3.51. The molecule has 1 heterocycles. The van der Waals surface area contributed by atoms with E-state index in [0.717, 1.165) is 16.3 Å². The Morgan fingerprint density at radius 1 is 0.950 bits per heavy atom. The minimum Gasteiger partial charge on any atom is -0.271 e. The van der Waals surface area contributed by atoms with Gasteiger partial charge in [-0.25, -0.2) is 9.82 Å². The molecule has 0 aliphatic rings. The van der Waals surface area contributed by atoms with Gasteiger partial charge in [0, 0.05) is 28.9 Å². The van der Waals surface area contributed by atoms with E-state index in [1.54, 1.807) is 30.6 Å². The smallest absolute Gasteiger partial charge is 0.128 e. The van der Waals surface area contributed by atoms with Crippen LogP contribution in [0.4, 0.5) is 4.39 Å². The number of nitrogens with zero attached hydrogens (tertiary/aromatic N) is 1. The molecule has 0 fully saturated rings. The second kappa shape index (κ2) is 5.36. The molecule has 0 bridgehead atoms. The fourth-order valence-electron chi connectivity index (χ4n) is 2.43. The van der Waals surface area contributed by atoms with Crippen LogP contribution in [-0.4, -0.2) is 4.98 Å². The van der Waals surface area contributed by atoms with Crippen LogP contribution in [0.1, 0.15) is 17.2 Å². The lowest BCUT2D eigenvalue weighted by molar-refractivity contribution is 0.561. The van der Waals surface area contributed by atoms with Gasteiger partial charge in [0.2, 0.25) is 0 Å². The van der Waals surface area contributed by atoms with E-state index in [9.17, 15) is 4.39 Å². The third-order valence-corrected chi connectivity index (χ3v) is 3.39. The van der Waals surface area contributed by atoms with Crippen molar-refractivity contribution in [3.63, 3.8) is 0 Å². The first-order chi connectivity index (χ1) is 9.81. The minimum absolute atomic E-state index is 0.289. The zero-order valence-electron chi connectivity index (χ0n) is 10.8. The Bertz CT molecular complexity index is 737. The monoisotopic (exact) mass is 267 g/mol. The molecule has 0 spiro atoms. The van der Waals surface area contributed by atoms with Crippen molar-refractivity contribution in [1.82, 2.24) is 10.4 Å². The average Bonchev–Trinajstić information content (AvgIpc) is 2.50. The maximum atomic E-state index is 14.0. The van der Waals surface area contributed by atoms with Gasteiger partial charge in [-0.15, -0.1) is 0 Å². The summed E-state index contributed by atoms with van der Waals surface area (Å²) in [5.74, 6) is 5.36. The summed E-state index contributed by atoms with van der Waals surface area (Å²) in [5.41, 5.74) is 4.05. The number of benzene rings is 2. The number of pyridine rings is 1. The number of nitrogens with two attached hydrogens (primary N) is 1. The van der Waals surface area contributed by atoms with E-state index >= 15 is 0 Å². The largest absolute Gasteiger partial charge is 0.271 e. The van der Waals surface area contributed by atoms with E-state index in [2.05, 4.69) is 10.4 Å². The van der Waals surface area contributed by atoms with Crippen LogP contribution in [0.3, 0.4) is 0 Å². The van der Waals surface area contributed by atoms with Crippen LogP contribution in [0.2, 0.25) is 0 Å². The molecule has 2 aromatic carbocycles. The highest BCUT2D eigenvalue weighted by atomic mass is 19.1. The van der Waals surface area contributed by atoms with E-state index in [0.29, 0.717) is 5.56 Å². The van der Waals surface area contributed by atoms with E-state index in [-0.39, 0.29) is 5.82 Å². The Morgan fingerprint density at radius 3 is 2.50 bits per heavy atom. The molecule has 1 unspecified atom stereocenters. The predicted octanol–water partition coefficient (Wildman–Crippen LogP) is 2.93. The molecule has 20 heavy (non-hydrogen) atoms. The van der Waals surface area contributed by atoms with Crippen molar-refractivity contribution in [3.05, 3.63) is 77.9 Å². The molecule has 4 heteroatoms. The summed E-state index contributed by atoms with van der Waals surface area (Å²) in [4.78, 5) is 4.22. The van der Waals surface area contributed by atoms with Gasteiger partial charge in [-0.3, -0.25) is 10.8 Å². The van der Waals surface area contributed by atoms with Crippen LogP contribution < -0.4 is 11.3 Å². The van der Waals surface area contributed by atoms with Crippen molar-refractivity contribution >= 4 is 10.8 Å². The van der Waals surface area contributed by atoms with Gasteiger partial charge in [0.1, 0.15) is 5.82 Å². The normalized spacial score (nSPS) is 12.5.